The summed E-state index contributed by atoms with van der Waals surface area (Å²) in [6.45, 7) is 0.666. The summed E-state index contributed by atoms with van der Waals surface area (Å²) in [6, 6.07) is 11.9. The monoisotopic (exact) mass is 381 g/mol. The molecule has 0 spiro atoms. The van der Waals surface area contributed by atoms with Crippen molar-refractivity contribution in [2.45, 2.75) is 25.3 Å². The van der Waals surface area contributed by atoms with Crippen molar-refractivity contribution in [1.82, 2.24) is 15.2 Å². The first-order valence-electron chi connectivity index (χ1n) is 9.31. The van der Waals surface area contributed by atoms with E-state index in [0.29, 0.717) is 31.4 Å². The Morgan fingerprint density at radius 3 is 2.64 bits per heavy atom. The molecule has 2 amide bonds. The maximum atomic E-state index is 13.1. The SMILES string of the molecule is O=C(NC(Cc1ccccc1)C(=O)N1CCCC(C(=O)O)C1)c1cccnc1. The Balaban J connectivity index is 1.77. The molecule has 1 saturated heterocycles. The van der Waals surface area contributed by atoms with E-state index in [4.69, 9.17) is 0 Å². The molecule has 1 fully saturated rings. The number of rotatable bonds is 6. The predicted molar refractivity (Wildman–Crippen MR) is 103 cm³/mol. The first-order valence-corrected chi connectivity index (χ1v) is 9.31. The second-order valence-electron chi connectivity index (χ2n) is 6.92. The minimum atomic E-state index is -0.892. The van der Waals surface area contributed by atoms with E-state index < -0.39 is 17.9 Å². The van der Waals surface area contributed by atoms with Gasteiger partial charge in [-0.25, -0.2) is 0 Å². The molecule has 2 aromatic rings. The number of nitrogens with zero attached hydrogens (tertiary/aromatic N) is 2. The van der Waals surface area contributed by atoms with Crippen LogP contribution >= 0.6 is 0 Å². The number of hydrogen-bond acceptors (Lipinski definition) is 4. The smallest absolute Gasteiger partial charge is 0.308 e. The number of carboxylic acids is 1. The number of aromatic nitrogens is 1. The van der Waals surface area contributed by atoms with Gasteiger partial charge < -0.3 is 15.3 Å². The molecule has 2 atom stereocenters. The number of benzene rings is 1. The minimum absolute atomic E-state index is 0.169. The maximum absolute atomic E-state index is 13.1. The van der Waals surface area contributed by atoms with Crippen LogP contribution in [0.15, 0.2) is 54.9 Å². The van der Waals surface area contributed by atoms with Crippen molar-refractivity contribution in [2.24, 2.45) is 5.92 Å². The molecule has 1 aliphatic heterocycles. The lowest BCUT2D eigenvalue weighted by Crippen LogP contribution is -2.53. The van der Waals surface area contributed by atoms with Crippen LogP contribution in [0.5, 0.6) is 0 Å². The van der Waals surface area contributed by atoms with Gasteiger partial charge in [0.2, 0.25) is 5.91 Å². The van der Waals surface area contributed by atoms with Gasteiger partial charge in [-0.1, -0.05) is 30.3 Å². The van der Waals surface area contributed by atoms with E-state index >= 15 is 0 Å². The lowest BCUT2D eigenvalue weighted by molar-refractivity contribution is -0.146. The Morgan fingerprint density at radius 2 is 1.96 bits per heavy atom. The molecule has 1 aliphatic rings. The number of pyridine rings is 1. The van der Waals surface area contributed by atoms with E-state index in [9.17, 15) is 19.5 Å². The maximum Gasteiger partial charge on any atom is 0.308 e. The fourth-order valence-electron chi connectivity index (χ4n) is 3.39. The zero-order valence-corrected chi connectivity index (χ0v) is 15.5. The molecule has 3 rings (SSSR count). The van der Waals surface area contributed by atoms with Crippen molar-refractivity contribution >= 4 is 17.8 Å². The van der Waals surface area contributed by atoms with Gasteiger partial charge in [-0.05, 0) is 30.5 Å². The van der Waals surface area contributed by atoms with Gasteiger partial charge in [-0.15, -0.1) is 0 Å². The first kappa shape index (κ1) is 19.5. The zero-order valence-electron chi connectivity index (χ0n) is 15.5. The van der Waals surface area contributed by atoms with Crippen LogP contribution in [0.4, 0.5) is 0 Å². The molecule has 0 aliphatic carbocycles. The lowest BCUT2D eigenvalue weighted by atomic mass is 9.96. The quantitative estimate of drug-likeness (QED) is 0.794. The van der Waals surface area contributed by atoms with Crippen LogP contribution in [0.25, 0.3) is 0 Å². The summed E-state index contributed by atoms with van der Waals surface area (Å²) in [5.74, 6) is -2.10. The van der Waals surface area contributed by atoms with Crippen molar-refractivity contribution in [3.63, 3.8) is 0 Å². The second-order valence-corrected chi connectivity index (χ2v) is 6.92. The molecule has 1 aromatic carbocycles. The molecule has 1 aromatic heterocycles. The molecule has 146 valence electrons. The average Bonchev–Trinajstić information content (AvgIpc) is 2.74. The fourth-order valence-corrected chi connectivity index (χ4v) is 3.39. The van der Waals surface area contributed by atoms with E-state index in [-0.39, 0.29) is 18.4 Å². The van der Waals surface area contributed by atoms with Crippen LogP contribution in [0, 0.1) is 5.92 Å². The summed E-state index contributed by atoms with van der Waals surface area (Å²) >= 11 is 0. The summed E-state index contributed by atoms with van der Waals surface area (Å²) in [6.07, 6.45) is 4.55. The number of nitrogens with one attached hydrogen (secondary N) is 1. The van der Waals surface area contributed by atoms with Gasteiger partial charge in [0.15, 0.2) is 0 Å². The molecule has 0 bridgehead atoms. The number of piperidine rings is 1. The van der Waals surface area contributed by atoms with Gasteiger partial charge in [0.05, 0.1) is 11.5 Å². The van der Waals surface area contributed by atoms with Gasteiger partial charge in [0.25, 0.3) is 5.91 Å². The van der Waals surface area contributed by atoms with Crippen LogP contribution < -0.4 is 5.32 Å². The highest BCUT2D eigenvalue weighted by Gasteiger charge is 2.32. The molecule has 2 N–H and O–H groups in total. The molecule has 7 nitrogen and oxygen atoms in total. The Labute approximate surface area is 163 Å². The van der Waals surface area contributed by atoms with E-state index in [1.165, 1.54) is 6.20 Å². The summed E-state index contributed by atoms with van der Waals surface area (Å²) in [5, 5.41) is 12.1. The molecule has 2 heterocycles. The zero-order chi connectivity index (χ0) is 19.9. The Bertz CT molecular complexity index is 826. The summed E-state index contributed by atoms with van der Waals surface area (Å²) in [7, 11) is 0. The summed E-state index contributed by atoms with van der Waals surface area (Å²) in [4.78, 5) is 42.6. The number of carbonyl (C=O) groups excluding carboxylic acids is 2. The number of carbonyl (C=O) groups is 3. The van der Waals surface area contributed by atoms with Crippen molar-refractivity contribution in [2.75, 3.05) is 13.1 Å². The van der Waals surface area contributed by atoms with Gasteiger partial charge in [-0.3, -0.25) is 19.4 Å². The number of likely N-dealkylation sites (tertiary alicyclic amines) is 1. The van der Waals surface area contributed by atoms with Crippen LogP contribution in [-0.4, -0.2) is 51.9 Å². The second kappa shape index (κ2) is 9.12. The number of hydrogen-bond donors (Lipinski definition) is 2. The standard InChI is InChI=1S/C21H23N3O4/c25-19(16-8-4-10-22-13-16)23-18(12-15-6-2-1-3-7-15)20(26)24-11-5-9-17(14-24)21(27)28/h1-4,6-8,10,13,17-18H,5,9,11-12,14H2,(H,23,25)(H,27,28). The van der Waals surface area contributed by atoms with Crippen molar-refractivity contribution in [3.8, 4) is 0 Å². The van der Waals surface area contributed by atoms with Crippen LogP contribution in [0.3, 0.4) is 0 Å². The average molecular weight is 381 g/mol. The molecule has 0 radical (unpaired) electrons. The van der Waals surface area contributed by atoms with Gasteiger partial charge in [-0.2, -0.15) is 0 Å². The molecule has 2 unspecified atom stereocenters. The number of amides is 2. The van der Waals surface area contributed by atoms with Gasteiger partial charge in [0, 0.05) is 31.9 Å². The third-order valence-electron chi connectivity index (χ3n) is 4.89. The lowest BCUT2D eigenvalue weighted by Gasteiger charge is -2.33. The Morgan fingerprint density at radius 1 is 1.18 bits per heavy atom. The highest BCUT2D eigenvalue weighted by Crippen LogP contribution is 2.18. The van der Waals surface area contributed by atoms with Gasteiger partial charge in [0.1, 0.15) is 6.04 Å². The van der Waals surface area contributed by atoms with Crippen molar-refractivity contribution in [3.05, 3.63) is 66.0 Å². The molecular weight excluding hydrogens is 358 g/mol. The first-order chi connectivity index (χ1) is 13.5. The van der Waals surface area contributed by atoms with Crippen LogP contribution in [0.2, 0.25) is 0 Å². The number of carboxylic acid groups (broad SMARTS) is 1. The molecular formula is C21H23N3O4. The van der Waals surface area contributed by atoms with Crippen molar-refractivity contribution < 1.29 is 19.5 Å². The summed E-state index contributed by atoms with van der Waals surface area (Å²) < 4.78 is 0. The molecule has 7 heteroatoms. The Hall–Kier alpha value is -3.22. The van der Waals surface area contributed by atoms with E-state index in [1.54, 1.807) is 23.2 Å². The molecule has 0 saturated carbocycles. The third-order valence-corrected chi connectivity index (χ3v) is 4.89. The minimum Gasteiger partial charge on any atom is -0.481 e. The van der Waals surface area contributed by atoms with Crippen LogP contribution in [0.1, 0.15) is 28.8 Å². The van der Waals surface area contributed by atoms with E-state index in [1.807, 2.05) is 30.3 Å². The van der Waals surface area contributed by atoms with E-state index in [0.717, 1.165) is 5.56 Å². The van der Waals surface area contributed by atoms with Crippen LogP contribution in [-0.2, 0) is 16.0 Å². The fraction of sp³-hybridized carbons (Fsp3) is 0.333. The topological polar surface area (TPSA) is 99.6 Å². The predicted octanol–water partition coefficient (Wildman–Crippen LogP) is 1.75. The summed E-state index contributed by atoms with van der Waals surface area (Å²) in [5.41, 5.74) is 1.29. The van der Waals surface area contributed by atoms with Gasteiger partial charge >= 0.3 is 5.97 Å². The van der Waals surface area contributed by atoms with E-state index in [2.05, 4.69) is 10.3 Å². The molecule has 28 heavy (non-hydrogen) atoms. The normalized spacial score (nSPS) is 17.6. The largest absolute Gasteiger partial charge is 0.481 e. The highest BCUT2D eigenvalue weighted by molar-refractivity contribution is 5.97. The van der Waals surface area contributed by atoms with Crippen molar-refractivity contribution in [1.29, 1.82) is 0 Å². The third kappa shape index (κ3) is 4.94. The highest BCUT2D eigenvalue weighted by atomic mass is 16.4. The Kier molecular flexibility index (Phi) is 6.37. The number of aliphatic carboxylic acids is 1.